The molecule has 0 saturated heterocycles. The second kappa shape index (κ2) is 10.2. The Morgan fingerprint density at radius 2 is 1.55 bits per heavy atom. The molecule has 0 aliphatic carbocycles. The van der Waals surface area contributed by atoms with E-state index >= 15 is 0 Å². The Balaban J connectivity index is 1.32. The average molecular weight is 442 g/mol. The molecule has 0 bridgehead atoms. The summed E-state index contributed by atoms with van der Waals surface area (Å²) >= 11 is 0. The molecule has 0 radical (unpaired) electrons. The Labute approximate surface area is 190 Å². The topological polar surface area (TPSA) is 109 Å². The van der Waals surface area contributed by atoms with E-state index in [9.17, 15) is 14.4 Å². The zero-order valence-electron chi connectivity index (χ0n) is 17.7. The summed E-state index contributed by atoms with van der Waals surface area (Å²) in [6, 6.07) is 24.7. The first-order valence-corrected chi connectivity index (χ1v) is 10.4. The maximum atomic E-state index is 12.3. The molecular formula is C25H22N4O4. The minimum absolute atomic E-state index is 0.151. The van der Waals surface area contributed by atoms with Gasteiger partial charge in [0.15, 0.2) is 0 Å². The molecular weight excluding hydrogens is 420 g/mol. The highest BCUT2D eigenvalue weighted by Gasteiger charge is 2.18. The fourth-order valence-electron chi connectivity index (χ4n) is 3.26. The number of nitrogens with one attached hydrogen (secondary N) is 3. The number of carbonyl (C=O) groups is 3. The molecule has 166 valence electrons. The molecule has 3 aromatic carbocycles. The lowest BCUT2D eigenvalue weighted by Crippen LogP contribution is -2.46. The van der Waals surface area contributed by atoms with Gasteiger partial charge in [0.2, 0.25) is 5.91 Å². The van der Waals surface area contributed by atoms with Crippen LogP contribution in [0.15, 0.2) is 84.0 Å². The fourth-order valence-corrected chi connectivity index (χ4v) is 3.26. The number of amides is 3. The van der Waals surface area contributed by atoms with Crippen molar-refractivity contribution in [1.82, 2.24) is 16.3 Å². The molecule has 3 N–H and O–H groups in total. The normalized spacial score (nSPS) is 12.8. The third-order valence-corrected chi connectivity index (χ3v) is 5.04. The Hall–Kier alpha value is -4.46. The monoisotopic (exact) mass is 442 g/mol. The lowest BCUT2D eigenvalue weighted by Gasteiger charge is -2.13. The number of hydrazone groups is 1. The van der Waals surface area contributed by atoms with Crippen LogP contribution in [-0.4, -0.2) is 23.4 Å². The van der Waals surface area contributed by atoms with Gasteiger partial charge in [-0.15, -0.1) is 0 Å². The second-order valence-corrected chi connectivity index (χ2v) is 7.35. The molecule has 0 fully saturated rings. The number of hydrogen-bond acceptors (Lipinski definition) is 5. The minimum Gasteiger partial charge on any atom is -0.488 e. The first-order valence-electron chi connectivity index (χ1n) is 10.4. The highest BCUT2D eigenvalue weighted by atomic mass is 16.5. The first kappa shape index (κ1) is 21.8. The Morgan fingerprint density at radius 1 is 0.848 bits per heavy atom. The number of hydrazine groups is 1. The van der Waals surface area contributed by atoms with Crippen LogP contribution in [0.5, 0.6) is 5.75 Å². The summed E-state index contributed by atoms with van der Waals surface area (Å²) in [6.45, 7) is 0.341. The quantitative estimate of drug-likeness (QED) is 0.510. The van der Waals surface area contributed by atoms with E-state index in [0.717, 1.165) is 22.4 Å². The van der Waals surface area contributed by atoms with E-state index in [2.05, 4.69) is 21.4 Å². The van der Waals surface area contributed by atoms with E-state index in [1.54, 1.807) is 24.3 Å². The maximum absolute atomic E-state index is 12.3. The fraction of sp³-hybridized carbons (Fsp3) is 0.120. The van der Waals surface area contributed by atoms with Gasteiger partial charge < -0.3 is 4.74 Å². The van der Waals surface area contributed by atoms with Crippen molar-refractivity contribution in [2.75, 3.05) is 0 Å². The molecule has 8 nitrogen and oxygen atoms in total. The molecule has 0 unspecified atom stereocenters. The zero-order valence-corrected chi connectivity index (χ0v) is 17.7. The van der Waals surface area contributed by atoms with Crippen molar-refractivity contribution >= 4 is 23.4 Å². The van der Waals surface area contributed by atoms with Gasteiger partial charge in [0, 0.05) is 24.0 Å². The lowest BCUT2D eigenvalue weighted by atomic mass is 10.0. The molecule has 1 heterocycles. The van der Waals surface area contributed by atoms with Crippen LogP contribution in [0.4, 0.5) is 0 Å². The Kier molecular flexibility index (Phi) is 6.75. The van der Waals surface area contributed by atoms with Crippen LogP contribution in [0.3, 0.4) is 0 Å². The molecule has 0 spiro atoms. The third kappa shape index (κ3) is 5.62. The van der Waals surface area contributed by atoms with Crippen LogP contribution in [0.2, 0.25) is 0 Å². The minimum atomic E-state index is -0.564. The molecule has 0 aromatic heterocycles. The molecule has 4 rings (SSSR count). The summed E-state index contributed by atoms with van der Waals surface area (Å²) in [5, 5.41) is 3.68. The van der Waals surface area contributed by atoms with Gasteiger partial charge in [-0.25, -0.2) is 5.43 Å². The Bertz CT molecular complexity index is 1190. The van der Waals surface area contributed by atoms with Crippen LogP contribution in [0.25, 0.3) is 11.1 Å². The van der Waals surface area contributed by atoms with Crippen molar-refractivity contribution in [3.8, 4) is 16.9 Å². The van der Waals surface area contributed by atoms with Crippen LogP contribution >= 0.6 is 0 Å². The summed E-state index contributed by atoms with van der Waals surface area (Å²) in [5.41, 5.74) is 10.4. The largest absolute Gasteiger partial charge is 0.488 e. The molecule has 3 amide bonds. The van der Waals surface area contributed by atoms with Gasteiger partial charge in [0.05, 0.1) is 0 Å². The molecule has 33 heavy (non-hydrogen) atoms. The van der Waals surface area contributed by atoms with Gasteiger partial charge in [-0.05, 0) is 29.3 Å². The molecule has 0 saturated carbocycles. The SMILES string of the molecule is O=C1CCC(C(=O)NNC(=O)c2ccc(COc3ccccc3-c3ccccc3)cc2)=NN1. The third-order valence-electron chi connectivity index (χ3n) is 5.04. The zero-order chi connectivity index (χ0) is 23.0. The number of benzene rings is 3. The van der Waals surface area contributed by atoms with E-state index in [-0.39, 0.29) is 24.5 Å². The number of rotatable bonds is 6. The van der Waals surface area contributed by atoms with E-state index in [1.165, 1.54) is 0 Å². The van der Waals surface area contributed by atoms with Crippen molar-refractivity contribution in [3.63, 3.8) is 0 Å². The predicted molar refractivity (Wildman–Crippen MR) is 123 cm³/mol. The highest BCUT2D eigenvalue weighted by Crippen LogP contribution is 2.30. The first-order chi connectivity index (χ1) is 16.1. The van der Waals surface area contributed by atoms with Gasteiger partial charge in [0.25, 0.3) is 11.8 Å². The van der Waals surface area contributed by atoms with Gasteiger partial charge in [-0.2, -0.15) is 5.10 Å². The molecule has 1 aliphatic rings. The highest BCUT2D eigenvalue weighted by molar-refractivity contribution is 6.39. The summed E-state index contributed by atoms with van der Waals surface area (Å²) < 4.78 is 6.03. The van der Waals surface area contributed by atoms with Crippen molar-refractivity contribution < 1.29 is 19.1 Å². The van der Waals surface area contributed by atoms with Gasteiger partial charge in [-0.3, -0.25) is 25.2 Å². The predicted octanol–water partition coefficient (Wildman–Crippen LogP) is 2.96. The standard InChI is InChI=1S/C25H22N4O4/c30-23-15-14-21(26-27-23)25(32)29-28-24(31)19-12-10-17(11-13-19)16-33-22-9-5-4-8-20(22)18-6-2-1-3-7-18/h1-13H,14-16H2,(H,27,30)(H,28,31)(H,29,32). The molecule has 0 atom stereocenters. The van der Waals surface area contributed by atoms with E-state index in [4.69, 9.17) is 4.74 Å². The van der Waals surface area contributed by atoms with Crippen molar-refractivity contribution in [1.29, 1.82) is 0 Å². The van der Waals surface area contributed by atoms with Gasteiger partial charge >= 0.3 is 0 Å². The summed E-state index contributed by atoms with van der Waals surface area (Å²) in [6.07, 6.45) is 0.398. The second-order valence-electron chi connectivity index (χ2n) is 7.35. The summed E-state index contributed by atoms with van der Waals surface area (Å²) in [4.78, 5) is 35.4. The Morgan fingerprint density at radius 3 is 2.27 bits per heavy atom. The van der Waals surface area contributed by atoms with Crippen molar-refractivity contribution in [2.45, 2.75) is 19.4 Å². The van der Waals surface area contributed by atoms with E-state index in [0.29, 0.717) is 12.2 Å². The van der Waals surface area contributed by atoms with Gasteiger partial charge in [-0.1, -0.05) is 60.7 Å². The number of nitrogens with zero attached hydrogens (tertiary/aromatic N) is 1. The van der Waals surface area contributed by atoms with E-state index < -0.39 is 11.8 Å². The maximum Gasteiger partial charge on any atom is 0.285 e. The van der Waals surface area contributed by atoms with Crippen molar-refractivity contribution in [2.24, 2.45) is 5.10 Å². The van der Waals surface area contributed by atoms with Crippen LogP contribution < -0.4 is 21.0 Å². The van der Waals surface area contributed by atoms with Crippen molar-refractivity contribution in [3.05, 3.63) is 90.0 Å². The van der Waals surface area contributed by atoms with Crippen LogP contribution in [0, 0.1) is 0 Å². The van der Waals surface area contributed by atoms with E-state index in [1.807, 2.05) is 54.6 Å². The number of carbonyl (C=O) groups excluding carboxylic acids is 3. The summed E-state index contributed by atoms with van der Waals surface area (Å²) in [5.74, 6) is -0.505. The molecule has 3 aromatic rings. The molecule has 8 heteroatoms. The number of ether oxygens (including phenoxy) is 1. The number of hydrogen-bond donors (Lipinski definition) is 3. The molecule has 1 aliphatic heterocycles. The van der Waals surface area contributed by atoms with Crippen LogP contribution in [0.1, 0.15) is 28.8 Å². The number of para-hydroxylation sites is 1. The average Bonchev–Trinajstić information content (AvgIpc) is 2.87. The van der Waals surface area contributed by atoms with Gasteiger partial charge in [0.1, 0.15) is 18.1 Å². The summed E-state index contributed by atoms with van der Waals surface area (Å²) in [7, 11) is 0. The lowest BCUT2D eigenvalue weighted by molar-refractivity contribution is -0.121. The van der Waals surface area contributed by atoms with Crippen LogP contribution in [-0.2, 0) is 16.2 Å². The smallest absolute Gasteiger partial charge is 0.285 e.